The van der Waals surface area contributed by atoms with Crippen LogP contribution in [0.5, 0.6) is 5.75 Å². The molecule has 0 amide bonds. The molecular formula is C23H30O4. The van der Waals surface area contributed by atoms with E-state index in [4.69, 9.17) is 9.15 Å². The first-order valence-electron chi connectivity index (χ1n) is 10.2. The van der Waals surface area contributed by atoms with E-state index in [1.54, 1.807) is 0 Å². The summed E-state index contributed by atoms with van der Waals surface area (Å²) in [5, 5.41) is 9.46. The molecule has 1 aromatic heterocycles. The van der Waals surface area contributed by atoms with Gasteiger partial charge < -0.3 is 14.3 Å². The van der Waals surface area contributed by atoms with Crippen LogP contribution in [0.1, 0.15) is 81.6 Å². The van der Waals surface area contributed by atoms with Crippen LogP contribution in [-0.4, -0.2) is 5.11 Å². The molecule has 1 aromatic carbocycles. The number of unbranched alkanes of at least 4 members (excludes halogenated alkanes) is 4. The molecular weight excluding hydrogens is 340 g/mol. The molecule has 0 spiro atoms. The lowest BCUT2D eigenvalue weighted by molar-refractivity contribution is 0.181. The molecule has 1 aliphatic heterocycles. The van der Waals surface area contributed by atoms with Crippen LogP contribution in [-0.2, 0) is 13.0 Å². The molecule has 0 aliphatic carbocycles. The number of fused-ring (bicyclic) bond motifs is 3. The van der Waals surface area contributed by atoms with Gasteiger partial charge in [-0.2, -0.15) is 0 Å². The zero-order valence-corrected chi connectivity index (χ0v) is 16.4. The van der Waals surface area contributed by atoms with Gasteiger partial charge in [0.05, 0.1) is 23.3 Å². The molecule has 0 saturated heterocycles. The van der Waals surface area contributed by atoms with Gasteiger partial charge >= 0.3 is 0 Å². The predicted molar refractivity (Wildman–Crippen MR) is 107 cm³/mol. The van der Waals surface area contributed by atoms with Crippen LogP contribution in [0.4, 0.5) is 0 Å². The minimum atomic E-state index is -0.319. The molecule has 4 heteroatoms. The number of benzene rings is 1. The summed E-state index contributed by atoms with van der Waals surface area (Å²) in [6.07, 6.45) is 9.73. The van der Waals surface area contributed by atoms with E-state index in [2.05, 4.69) is 26.0 Å². The van der Waals surface area contributed by atoms with Crippen molar-refractivity contribution in [3.8, 4) is 17.1 Å². The number of rotatable bonds is 9. The maximum Gasteiger partial charge on any atom is 0.197 e. The van der Waals surface area contributed by atoms with Gasteiger partial charge in [0, 0.05) is 0 Å². The van der Waals surface area contributed by atoms with Gasteiger partial charge in [-0.1, -0.05) is 45.6 Å². The summed E-state index contributed by atoms with van der Waals surface area (Å²) in [5.41, 5.74) is 2.79. The molecule has 0 radical (unpaired) electrons. The Hall–Kier alpha value is -2.07. The molecule has 146 valence electrons. The van der Waals surface area contributed by atoms with Crippen molar-refractivity contribution in [1.29, 1.82) is 0 Å². The highest BCUT2D eigenvalue weighted by atomic mass is 16.5. The minimum Gasteiger partial charge on any atom is -0.485 e. The first kappa shape index (κ1) is 19.7. The second-order valence-electron chi connectivity index (χ2n) is 7.38. The molecule has 1 unspecified atom stereocenters. The van der Waals surface area contributed by atoms with Crippen LogP contribution in [0.15, 0.2) is 33.7 Å². The Morgan fingerprint density at radius 3 is 2.63 bits per heavy atom. The van der Waals surface area contributed by atoms with E-state index in [9.17, 15) is 9.90 Å². The molecule has 0 fully saturated rings. The maximum atomic E-state index is 12.9. The van der Waals surface area contributed by atoms with Gasteiger partial charge in [-0.3, -0.25) is 4.79 Å². The summed E-state index contributed by atoms with van der Waals surface area (Å²) in [4.78, 5) is 12.9. The van der Waals surface area contributed by atoms with Crippen molar-refractivity contribution in [1.82, 2.24) is 0 Å². The van der Waals surface area contributed by atoms with Gasteiger partial charge in [0.25, 0.3) is 0 Å². The Morgan fingerprint density at radius 2 is 1.89 bits per heavy atom. The zero-order chi connectivity index (χ0) is 19.2. The molecule has 1 aliphatic rings. The lowest BCUT2D eigenvalue weighted by Gasteiger charge is -2.27. The Morgan fingerprint density at radius 1 is 1.07 bits per heavy atom. The van der Waals surface area contributed by atoms with Gasteiger partial charge in [0.1, 0.15) is 23.9 Å². The standard InChI is InChI=1S/C23H30O4/c1-3-5-7-8-9-16-11-12-19-18(13-16)23-21(20(27-19)10-6-4-2)22(25)17(14-24)15-26-23/h11-13,15,20,24H,3-10,14H2,1-2H3. The van der Waals surface area contributed by atoms with Crippen molar-refractivity contribution in [3.05, 3.63) is 51.4 Å². The SMILES string of the molecule is CCCCCCc1ccc2c(c1)-c1occ(CO)c(=O)c1C(CCCC)O2. The smallest absolute Gasteiger partial charge is 0.197 e. The molecule has 2 heterocycles. The third kappa shape index (κ3) is 4.27. The molecule has 1 atom stereocenters. The third-order valence-electron chi connectivity index (χ3n) is 5.29. The molecule has 27 heavy (non-hydrogen) atoms. The van der Waals surface area contributed by atoms with Crippen LogP contribution < -0.4 is 10.2 Å². The summed E-state index contributed by atoms with van der Waals surface area (Å²) in [6, 6.07) is 6.22. The van der Waals surface area contributed by atoms with Crippen molar-refractivity contribution in [2.45, 2.75) is 77.9 Å². The molecule has 3 rings (SSSR count). The lowest BCUT2D eigenvalue weighted by Crippen LogP contribution is -2.25. The quantitative estimate of drug-likeness (QED) is 0.588. The van der Waals surface area contributed by atoms with Crippen molar-refractivity contribution < 1.29 is 14.3 Å². The zero-order valence-electron chi connectivity index (χ0n) is 16.4. The molecule has 0 saturated carbocycles. The molecule has 1 N–H and O–H groups in total. The average Bonchev–Trinajstić information content (AvgIpc) is 2.69. The largest absolute Gasteiger partial charge is 0.485 e. The normalized spacial score (nSPS) is 15.1. The van der Waals surface area contributed by atoms with E-state index in [1.165, 1.54) is 31.1 Å². The van der Waals surface area contributed by atoms with Crippen LogP contribution in [0.2, 0.25) is 0 Å². The summed E-state index contributed by atoms with van der Waals surface area (Å²) in [7, 11) is 0. The Balaban J connectivity index is 1.97. The van der Waals surface area contributed by atoms with Crippen molar-refractivity contribution in [2.75, 3.05) is 0 Å². The Kier molecular flexibility index (Phi) is 6.73. The molecule has 4 nitrogen and oxygen atoms in total. The fourth-order valence-corrected chi connectivity index (χ4v) is 3.71. The number of aliphatic hydroxyl groups excluding tert-OH is 1. The fraction of sp³-hybridized carbons (Fsp3) is 0.522. The monoisotopic (exact) mass is 370 g/mol. The Bertz CT molecular complexity index is 822. The van der Waals surface area contributed by atoms with E-state index in [-0.39, 0.29) is 23.7 Å². The number of hydrogen-bond acceptors (Lipinski definition) is 4. The van der Waals surface area contributed by atoms with Crippen LogP contribution in [0.3, 0.4) is 0 Å². The fourth-order valence-electron chi connectivity index (χ4n) is 3.71. The first-order valence-corrected chi connectivity index (χ1v) is 10.2. The molecule has 2 aromatic rings. The topological polar surface area (TPSA) is 59.7 Å². The van der Waals surface area contributed by atoms with Gasteiger partial charge in [0.15, 0.2) is 5.43 Å². The van der Waals surface area contributed by atoms with E-state index >= 15 is 0 Å². The van der Waals surface area contributed by atoms with Crippen LogP contribution in [0.25, 0.3) is 11.3 Å². The highest BCUT2D eigenvalue weighted by Gasteiger charge is 2.31. The summed E-state index contributed by atoms with van der Waals surface area (Å²) < 4.78 is 12.0. The molecule has 0 bridgehead atoms. The van der Waals surface area contributed by atoms with Crippen LogP contribution >= 0.6 is 0 Å². The second-order valence-corrected chi connectivity index (χ2v) is 7.38. The highest BCUT2D eigenvalue weighted by molar-refractivity contribution is 5.72. The number of aryl methyl sites for hydroxylation is 1. The van der Waals surface area contributed by atoms with Gasteiger partial charge in [-0.15, -0.1) is 0 Å². The maximum absolute atomic E-state index is 12.9. The summed E-state index contributed by atoms with van der Waals surface area (Å²) in [6.45, 7) is 4.01. The summed E-state index contributed by atoms with van der Waals surface area (Å²) >= 11 is 0. The number of ether oxygens (including phenoxy) is 1. The van der Waals surface area contributed by atoms with Crippen LogP contribution in [0, 0.1) is 0 Å². The second kappa shape index (κ2) is 9.23. The van der Waals surface area contributed by atoms with Gasteiger partial charge in [0.2, 0.25) is 0 Å². The highest BCUT2D eigenvalue weighted by Crippen LogP contribution is 2.43. The minimum absolute atomic E-state index is 0.154. The van der Waals surface area contributed by atoms with Crippen molar-refractivity contribution in [3.63, 3.8) is 0 Å². The van der Waals surface area contributed by atoms with E-state index in [0.717, 1.165) is 43.4 Å². The number of hydrogen-bond donors (Lipinski definition) is 1. The van der Waals surface area contributed by atoms with Crippen molar-refractivity contribution in [2.24, 2.45) is 0 Å². The van der Waals surface area contributed by atoms with E-state index < -0.39 is 0 Å². The third-order valence-corrected chi connectivity index (χ3v) is 5.29. The van der Waals surface area contributed by atoms with Gasteiger partial charge in [-0.25, -0.2) is 0 Å². The van der Waals surface area contributed by atoms with E-state index in [0.29, 0.717) is 11.3 Å². The predicted octanol–water partition coefficient (Wildman–Crippen LogP) is 5.55. The Labute approximate surface area is 161 Å². The van der Waals surface area contributed by atoms with Crippen molar-refractivity contribution >= 4 is 0 Å². The average molecular weight is 370 g/mol. The van der Waals surface area contributed by atoms with E-state index in [1.807, 2.05) is 6.07 Å². The lowest BCUT2D eigenvalue weighted by atomic mass is 9.92. The van der Waals surface area contributed by atoms with Gasteiger partial charge in [-0.05, 0) is 43.4 Å². The summed E-state index contributed by atoms with van der Waals surface area (Å²) in [5.74, 6) is 1.38. The first-order chi connectivity index (χ1) is 13.2. The number of aliphatic hydroxyl groups is 1.